The summed E-state index contributed by atoms with van der Waals surface area (Å²) in [6.45, 7) is 1.88. The van der Waals surface area contributed by atoms with Crippen molar-refractivity contribution in [3.05, 3.63) is 54.1 Å². The first-order valence-corrected chi connectivity index (χ1v) is 6.67. The van der Waals surface area contributed by atoms with E-state index in [4.69, 9.17) is 4.74 Å². The van der Waals surface area contributed by atoms with Crippen LogP contribution in [0.3, 0.4) is 0 Å². The van der Waals surface area contributed by atoms with E-state index in [2.05, 4.69) is 0 Å². The van der Waals surface area contributed by atoms with Crippen molar-refractivity contribution in [1.82, 2.24) is 0 Å². The Hall–Kier alpha value is -2.29. The first-order valence-electron chi connectivity index (χ1n) is 6.67. The van der Waals surface area contributed by atoms with Gasteiger partial charge in [0.25, 0.3) is 0 Å². The van der Waals surface area contributed by atoms with Crippen LogP contribution in [0.1, 0.15) is 23.7 Å². The van der Waals surface area contributed by atoms with Gasteiger partial charge < -0.3 is 9.64 Å². The summed E-state index contributed by atoms with van der Waals surface area (Å²) < 4.78 is 5.25. The highest BCUT2D eigenvalue weighted by Crippen LogP contribution is 2.29. The van der Waals surface area contributed by atoms with Gasteiger partial charge in [0.05, 0.1) is 12.8 Å². The Morgan fingerprint density at radius 3 is 2.60 bits per heavy atom. The van der Waals surface area contributed by atoms with E-state index in [0.29, 0.717) is 6.42 Å². The summed E-state index contributed by atoms with van der Waals surface area (Å²) in [4.78, 5) is 14.0. The molecule has 0 unspecified atom stereocenters. The molecular formula is C17H19NO2. The minimum Gasteiger partial charge on any atom is -0.497 e. The summed E-state index contributed by atoms with van der Waals surface area (Å²) in [6.07, 6.45) is 0.503. The second-order valence-corrected chi connectivity index (χ2v) is 4.55. The van der Waals surface area contributed by atoms with Crippen LogP contribution < -0.4 is 9.64 Å². The molecule has 0 aromatic heterocycles. The molecule has 0 N–H and O–H groups in total. The summed E-state index contributed by atoms with van der Waals surface area (Å²) in [5.41, 5.74) is 2.65. The number of para-hydroxylation sites is 1. The van der Waals surface area contributed by atoms with Crippen molar-refractivity contribution in [2.75, 3.05) is 19.1 Å². The van der Waals surface area contributed by atoms with Crippen molar-refractivity contribution in [3.63, 3.8) is 0 Å². The van der Waals surface area contributed by atoms with Crippen LogP contribution >= 0.6 is 0 Å². The third-order valence-electron chi connectivity index (χ3n) is 3.33. The molecule has 2 rings (SSSR count). The maximum Gasteiger partial charge on any atom is 0.164 e. The van der Waals surface area contributed by atoms with E-state index in [0.717, 1.165) is 22.7 Å². The average molecular weight is 269 g/mol. The van der Waals surface area contributed by atoms with Gasteiger partial charge >= 0.3 is 0 Å². The number of carbonyl (C=O) groups excluding carboxylic acids is 1. The van der Waals surface area contributed by atoms with E-state index in [1.165, 1.54) is 0 Å². The van der Waals surface area contributed by atoms with Gasteiger partial charge in [0.15, 0.2) is 5.78 Å². The van der Waals surface area contributed by atoms with Crippen LogP contribution in [0.2, 0.25) is 0 Å². The third-order valence-corrected chi connectivity index (χ3v) is 3.33. The van der Waals surface area contributed by atoms with Gasteiger partial charge in [0, 0.05) is 30.8 Å². The second-order valence-electron chi connectivity index (χ2n) is 4.55. The maximum atomic E-state index is 12.0. The summed E-state index contributed by atoms with van der Waals surface area (Å²) in [7, 11) is 3.60. The number of anilines is 2. The van der Waals surface area contributed by atoms with Crippen molar-refractivity contribution in [2.24, 2.45) is 0 Å². The summed E-state index contributed by atoms with van der Waals surface area (Å²) in [5, 5.41) is 0. The van der Waals surface area contributed by atoms with Gasteiger partial charge in [0.2, 0.25) is 0 Å². The van der Waals surface area contributed by atoms with E-state index < -0.39 is 0 Å². The van der Waals surface area contributed by atoms with Gasteiger partial charge in [-0.2, -0.15) is 0 Å². The first kappa shape index (κ1) is 14.1. The molecule has 0 atom stereocenters. The molecule has 0 amide bonds. The number of ether oxygens (including phenoxy) is 1. The van der Waals surface area contributed by atoms with Gasteiger partial charge in [-0.25, -0.2) is 0 Å². The molecule has 0 spiro atoms. The van der Waals surface area contributed by atoms with Crippen molar-refractivity contribution >= 4 is 17.2 Å². The van der Waals surface area contributed by atoms with Gasteiger partial charge in [0.1, 0.15) is 5.75 Å². The molecule has 2 aromatic carbocycles. The van der Waals surface area contributed by atoms with E-state index in [9.17, 15) is 4.79 Å². The quantitative estimate of drug-likeness (QED) is 0.767. The van der Waals surface area contributed by atoms with E-state index >= 15 is 0 Å². The van der Waals surface area contributed by atoms with Gasteiger partial charge in [-0.15, -0.1) is 0 Å². The number of methoxy groups -OCH3 is 1. The van der Waals surface area contributed by atoms with Crippen LogP contribution in [-0.4, -0.2) is 19.9 Å². The molecule has 0 bridgehead atoms. The lowest BCUT2D eigenvalue weighted by Gasteiger charge is -2.22. The summed E-state index contributed by atoms with van der Waals surface area (Å²) in [5.74, 6) is 0.948. The molecule has 3 heteroatoms. The number of hydrogen-bond donors (Lipinski definition) is 0. The molecule has 104 valence electrons. The van der Waals surface area contributed by atoms with E-state index in [1.807, 2.05) is 67.4 Å². The first-order chi connectivity index (χ1) is 9.67. The van der Waals surface area contributed by atoms with Crippen molar-refractivity contribution < 1.29 is 9.53 Å². The molecule has 0 aliphatic heterocycles. The molecule has 0 aliphatic rings. The SMILES string of the molecule is CCC(=O)c1ccccc1N(C)c1cccc(OC)c1. The molecule has 2 aromatic rings. The fourth-order valence-electron chi connectivity index (χ4n) is 2.15. The number of rotatable bonds is 5. The van der Waals surface area contributed by atoms with Crippen LogP contribution in [0.25, 0.3) is 0 Å². The van der Waals surface area contributed by atoms with Gasteiger partial charge in [-0.1, -0.05) is 25.1 Å². The zero-order valence-corrected chi connectivity index (χ0v) is 12.1. The lowest BCUT2D eigenvalue weighted by atomic mass is 10.1. The maximum absolute atomic E-state index is 12.0. The normalized spacial score (nSPS) is 10.2. The summed E-state index contributed by atoms with van der Waals surface area (Å²) >= 11 is 0. The number of Topliss-reactive ketones (excluding diaryl/α,β-unsaturated/α-hetero) is 1. The predicted molar refractivity (Wildman–Crippen MR) is 82.1 cm³/mol. The van der Waals surface area contributed by atoms with Gasteiger partial charge in [-0.3, -0.25) is 4.79 Å². The lowest BCUT2D eigenvalue weighted by molar-refractivity contribution is 0.0989. The minimum atomic E-state index is 0.148. The number of hydrogen-bond acceptors (Lipinski definition) is 3. The highest BCUT2D eigenvalue weighted by atomic mass is 16.5. The van der Waals surface area contributed by atoms with Crippen LogP contribution in [-0.2, 0) is 0 Å². The highest BCUT2D eigenvalue weighted by Gasteiger charge is 2.13. The van der Waals surface area contributed by atoms with Crippen molar-refractivity contribution in [2.45, 2.75) is 13.3 Å². The Balaban J connectivity index is 2.42. The largest absolute Gasteiger partial charge is 0.497 e. The molecular weight excluding hydrogens is 250 g/mol. The van der Waals surface area contributed by atoms with E-state index in [1.54, 1.807) is 7.11 Å². The van der Waals surface area contributed by atoms with Crippen LogP contribution in [0.5, 0.6) is 5.75 Å². The Morgan fingerprint density at radius 1 is 1.15 bits per heavy atom. The Kier molecular flexibility index (Phi) is 4.41. The minimum absolute atomic E-state index is 0.148. The molecule has 20 heavy (non-hydrogen) atoms. The Morgan fingerprint density at radius 2 is 1.90 bits per heavy atom. The highest BCUT2D eigenvalue weighted by molar-refractivity contribution is 6.01. The lowest BCUT2D eigenvalue weighted by Crippen LogP contribution is -2.13. The van der Waals surface area contributed by atoms with Crippen LogP contribution in [0, 0.1) is 0 Å². The standard InChI is InChI=1S/C17H19NO2/c1-4-17(19)15-10-5-6-11-16(15)18(2)13-8-7-9-14(12-13)20-3/h5-12H,4H2,1-3H3. The fourth-order valence-corrected chi connectivity index (χ4v) is 2.15. The molecule has 0 saturated carbocycles. The van der Waals surface area contributed by atoms with Crippen molar-refractivity contribution in [1.29, 1.82) is 0 Å². The number of carbonyl (C=O) groups is 1. The second kappa shape index (κ2) is 6.24. The zero-order chi connectivity index (χ0) is 14.5. The Labute approximate surface area is 119 Å². The molecule has 0 heterocycles. The topological polar surface area (TPSA) is 29.5 Å². The predicted octanol–water partition coefficient (Wildman–Crippen LogP) is 4.06. The fraction of sp³-hybridized carbons (Fsp3) is 0.235. The molecule has 0 radical (unpaired) electrons. The zero-order valence-electron chi connectivity index (χ0n) is 12.1. The van der Waals surface area contributed by atoms with E-state index in [-0.39, 0.29) is 5.78 Å². The summed E-state index contributed by atoms with van der Waals surface area (Å²) in [6, 6.07) is 15.5. The number of ketones is 1. The Bertz CT molecular complexity index is 607. The number of nitrogens with zero attached hydrogens (tertiary/aromatic N) is 1. The van der Waals surface area contributed by atoms with Crippen LogP contribution in [0.4, 0.5) is 11.4 Å². The van der Waals surface area contributed by atoms with Crippen molar-refractivity contribution in [3.8, 4) is 5.75 Å². The molecule has 0 aliphatic carbocycles. The monoisotopic (exact) mass is 269 g/mol. The third kappa shape index (κ3) is 2.82. The molecule has 3 nitrogen and oxygen atoms in total. The molecule has 0 fully saturated rings. The molecule has 0 saturated heterocycles. The van der Waals surface area contributed by atoms with Crippen LogP contribution in [0.15, 0.2) is 48.5 Å². The number of benzene rings is 2. The van der Waals surface area contributed by atoms with Gasteiger partial charge in [-0.05, 0) is 24.3 Å². The smallest absolute Gasteiger partial charge is 0.164 e. The average Bonchev–Trinajstić information content (AvgIpc) is 2.53.